The molecule has 152 valence electrons. The van der Waals surface area contributed by atoms with E-state index < -0.39 is 42.1 Å². The third-order valence-corrected chi connectivity index (χ3v) is 4.85. The molecule has 1 saturated heterocycles. The second-order valence-corrected chi connectivity index (χ2v) is 6.60. The average molecular weight is 411 g/mol. The number of halogens is 5. The van der Waals surface area contributed by atoms with Crippen LogP contribution in [0, 0.1) is 11.6 Å². The number of urea groups is 1. The Morgan fingerprint density at radius 3 is 2.41 bits per heavy atom. The van der Waals surface area contributed by atoms with E-state index in [2.05, 4.69) is 4.99 Å². The summed E-state index contributed by atoms with van der Waals surface area (Å²) in [4.78, 5) is 18.2. The van der Waals surface area contributed by atoms with Crippen molar-refractivity contribution in [2.75, 3.05) is 11.9 Å². The van der Waals surface area contributed by atoms with Gasteiger partial charge in [0.25, 0.3) is 0 Å². The minimum atomic E-state index is -4.59. The molecule has 0 saturated carbocycles. The molecule has 0 radical (unpaired) electrons. The third kappa shape index (κ3) is 2.97. The minimum absolute atomic E-state index is 0.116. The maximum Gasteiger partial charge on any atom is 0.416 e. The molecule has 1 fully saturated rings. The lowest BCUT2D eigenvalue weighted by Gasteiger charge is -2.31. The SMILES string of the molecule is CN1C2C(N)=Nc3cc(C(F)(F)F)ccc3N2C(=O)N1Cc1c(F)cccc1F. The number of nitrogens with two attached hydrogens (primary N) is 1. The molecule has 2 amide bonds. The molecular formula is C18H14F5N5O. The number of amidine groups is 1. The molecule has 0 aliphatic carbocycles. The quantitative estimate of drug-likeness (QED) is 0.768. The second-order valence-electron chi connectivity index (χ2n) is 6.60. The van der Waals surface area contributed by atoms with Gasteiger partial charge < -0.3 is 5.73 Å². The molecule has 1 atom stereocenters. The van der Waals surface area contributed by atoms with Gasteiger partial charge in [-0.05, 0) is 30.3 Å². The molecule has 11 heteroatoms. The van der Waals surface area contributed by atoms with E-state index >= 15 is 0 Å². The van der Waals surface area contributed by atoms with E-state index in [1.165, 1.54) is 18.1 Å². The van der Waals surface area contributed by atoms with Crippen LogP contribution in [-0.4, -0.2) is 35.1 Å². The van der Waals surface area contributed by atoms with Gasteiger partial charge in [0.15, 0.2) is 6.17 Å². The topological polar surface area (TPSA) is 65.2 Å². The van der Waals surface area contributed by atoms with Gasteiger partial charge in [0.2, 0.25) is 0 Å². The number of anilines is 1. The van der Waals surface area contributed by atoms with Crippen LogP contribution in [0.4, 0.5) is 38.1 Å². The number of likely N-dealkylation sites (N-methyl/N-ethyl adjacent to an activating group) is 1. The van der Waals surface area contributed by atoms with Crippen LogP contribution in [0.15, 0.2) is 41.4 Å². The molecule has 2 aliphatic heterocycles. The predicted molar refractivity (Wildman–Crippen MR) is 94.1 cm³/mol. The smallest absolute Gasteiger partial charge is 0.384 e. The first-order valence-corrected chi connectivity index (χ1v) is 8.41. The molecule has 0 bridgehead atoms. The number of fused-ring (bicyclic) bond motifs is 3. The third-order valence-electron chi connectivity index (χ3n) is 4.85. The van der Waals surface area contributed by atoms with Crippen LogP contribution in [0.25, 0.3) is 0 Å². The standard InChI is InChI=1S/C18H14F5N5O/c1-26-16-15(24)25-13-7-9(18(21,22)23)5-6-14(13)28(16)17(29)27(26)8-10-11(19)3-2-4-12(10)20/h2-7,16H,8H2,1H3,(H2,24,25). The monoisotopic (exact) mass is 411 g/mol. The van der Waals surface area contributed by atoms with Gasteiger partial charge in [0.05, 0.1) is 23.5 Å². The van der Waals surface area contributed by atoms with Crippen LogP contribution in [0.3, 0.4) is 0 Å². The largest absolute Gasteiger partial charge is 0.416 e. The van der Waals surface area contributed by atoms with Crippen molar-refractivity contribution in [1.82, 2.24) is 10.0 Å². The maximum atomic E-state index is 14.0. The van der Waals surface area contributed by atoms with Crippen molar-refractivity contribution >= 4 is 23.2 Å². The summed E-state index contributed by atoms with van der Waals surface area (Å²) in [5, 5.41) is 2.40. The molecular weight excluding hydrogens is 397 g/mol. The van der Waals surface area contributed by atoms with Crippen LogP contribution < -0.4 is 10.6 Å². The highest BCUT2D eigenvalue weighted by atomic mass is 19.4. The van der Waals surface area contributed by atoms with Gasteiger partial charge in [-0.3, -0.25) is 4.90 Å². The van der Waals surface area contributed by atoms with Crippen LogP contribution >= 0.6 is 0 Å². The average Bonchev–Trinajstić information content (AvgIpc) is 2.89. The van der Waals surface area contributed by atoms with Crippen molar-refractivity contribution in [2.45, 2.75) is 18.9 Å². The van der Waals surface area contributed by atoms with E-state index in [0.29, 0.717) is 0 Å². The number of hydrazine groups is 1. The number of benzene rings is 2. The van der Waals surface area contributed by atoms with Gasteiger partial charge in [-0.25, -0.2) is 23.6 Å². The summed E-state index contributed by atoms with van der Waals surface area (Å²) >= 11 is 0. The summed E-state index contributed by atoms with van der Waals surface area (Å²) in [5.74, 6) is -1.77. The highest BCUT2D eigenvalue weighted by Gasteiger charge is 2.48. The van der Waals surface area contributed by atoms with Crippen molar-refractivity contribution in [3.05, 3.63) is 59.2 Å². The number of amides is 2. The number of nitrogens with zero attached hydrogens (tertiary/aromatic N) is 4. The zero-order valence-corrected chi connectivity index (χ0v) is 14.9. The molecule has 29 heavy (non-hydrogen) atoms. The summed E-state index contributed by atoms with van der Waals surface area (Å²) in [6.07, 6.45) is -5.52. The maximum absolute atomic E-state index is 14.0. The van der Waals surface area contributed by atoms with Crippen LogP contribution in [0.5, 0.6) is 0 Å². The lowest BCUT2D eigenvalue weighted by molar-refractivity contribution is -0.137. The minimum Gasteiger partial charge on any atom is -0.384 e. The van der Waals surface area contributed by atoms with Crippen LogP contribution in [0.1, 0.15) is 11.1 Å². The Balaban J connectivity index is 1.74. The zero-order valence-electron chi connectivity index (χ0n) is 14.9. The van der Waals surface area contributed by atoms with Crippen LogP contribution in [0.2, 0.25) is 0 Å². The lowest BCUT2D eigenvalue weighted by Crippen LogP contribution is -2.50. The molecule has 2 aromatic carbocycles. The lowest BCUT2D eigenvalue weighted by atomic mass is 10.1. The van der Waals surface area contributed by atoms with E-state index in [0.717, 1.165) is 40.2 Å². The highest BCUT2D eigenvalue weighted by molar-refractivity contribution is 6.08. The highest BCUT2D eigenvalue weighted by Crippen LogP contribution is 2.42. The molecule has 4 rings (SSSR count). The number of aliphatic imine (C=N–C) groups is 1. The Labute approximate surface area is 161 Å². The molecule has 2 N–H and O–H groups in total. The number of carbonyl (C=O) groups is 1. The van der Waals surface area contributed by atoms with Gasteiger partial charge in [-0.15, -0.1) is 0 Å². The summed E-state index contributed by atoms with van der Waals surface area (Å²) in [5.41, 5.74) is 4.66. The number of hydrogen-bond acceptors (Lipinski definition) is 4. The van der Waals surface area contributed by atoms with E-state index in [1.807, 2.05) is 0 Å². The number of rotatable bonds is 2. The summed E-state index contributed by atoms with van der Waals surface area (Å²) in [6.45, 7) is -0.426. The van der Waals surface area contributed by atoms with Gasteiger partial charge >= 0.3 is 12.2 Å². The summed E-state index contributed by atoms with van der Waals surface area (Å²) in [6, 6.07) is 5.39. The Kier molecular flexibility index (Phi) is 4.23. The van der Waals surface area contributed by atoms with Crippen molar-refractivity contribution in [3.8, 4) is 0 Å². The van der Waals surface area contributed by atoms with Crippen molar-refractivity contribution < 1.29 is 26.7 Å². The van der Waals surface area contributed by atoms with Gasteiger partial charge in [0, 0.05) is 12.6 Å². The normalized spacial score (nSPS) is 19.3. The predicted octanol–water partition coefficient (Wildman–Crippen LogP) is 3.60. The van der Waals surface area contributed by atoms with Gasteiger partial charge in [0.1, 0.15) is 17.5 Å². The van der Waals surface area contributed by atoms with E-state index in [1.54, 1.807) is 0 Å². The van der Waals surface area contributed by atoms with Crippen molar-refractivity contribution in [3.63, 3.8) is 0 Å². The molecule has 2 aromatic rings. The molecule has 0 spiro atoms. The zero-order chi connectivity index (χ0) is 21.1. The first-order chi connectivity index (χ1) is 13.6. The van der Waals surface area contributed by atoms with E-state index in [4.69, 9.17) is 5.73 Å². The number of carbonyl (C=O) groups excluding carboxylic acids is 1. The first kappa shape index (κ1) is 19.1. The molecule has 2 aliphatic rings. The van der Waals surface area contributed by atoms with Crippen molar-refractivity contribution in [1.29, 1.82) is 0 Å². The molecule has 6 nitrogen and oxygen atoms in total. The van der Waals surface area contributed by atoms with Gasteiger partial charge in [-0.1, -0.05) is 6.07 Å². The van der Waals surface area contributed by atoms with Crippen LogP contribution in [-0.2, 0) is 12.7 Å². The fraction of sp³-hybridized carbons (Fsp3) is 0.222. The van der Waals surface area contributed by atoms with Gasteiger partial charge in [-0.2, -0.15) is 18.2 Å². The van der Waals surface area contributed by atoms with E-state index in [9.17, 15) is 26.7 Å². The van der Waals surface area contributed by atoms with E-state index in [-0.39, 0.29) is 22.8 Å². The number of alkyl halides is 3. The molecule has 2 heterocycles. The molecule has 1 unspecified atom stereocenters. The fourth-order valence-electron chi connectivity index (χ4n) is 3.42. The Bertz CT molecular complexity index is 1020. The summed E-state index contributed by atoms with van der Waals surface area (Å²) < 4.78 is 67.1. The first-order valence-electron chi connectivity index (χ1n) is 8.41. The Morgan fingerprint density at radius 2 is 1.79 bits per heavy atom. The Hall–Kier alpha value is -3.21. The Morgan fingerprint density at radius 1 is 1.14 bits per heavy atom. The summed E-state index contributed by atoms with van der Waals surface area (Å²) in [7, 11) is 1.47. The second kappa shape index (κ2) is 6.41. The molecule has 0 aromatic heterocycles. The number of hydrogen-bond donors (Lipinski definition) is 1. The fourth-order valence-corrected chi connectivity index (χ4v) is 3.42. The van der Waals surface area contributed by atoms with Crippen molar-refractivity contribution in [2.24, 2.45) is 10.7 Å².